The zero-order valence-corrected chi connectivity index (χ0v) is 11.7. The Morgan fingerprint density at radius 1 is 1.00 bits per heavy atom. The minimum Gasteiger partial charge on any atom is -0.282 e. The minimum atomic E-state index is -3.44. The van der Waals surface area contributed by atoms with Gasteiger partial charge in [-0.1, -0.05) is 35.2 Å². The zero-order valence-electron chi connectivity index (χ0n) is 10.9. The van der Waals surface area contributed by atoms with E-state index in [9.17, 15) is 8.42 Å². The summed E-state index contributed by atoms with van der Waals surface area (Å²) in [4.78, 5) is 11.0. The predicted octanol–water partition coefficient (Wildman–Crippen LogP) is 1.68. The summed E-state index contributed by atoms with van der Waals surface area (Å²) < 4.78 is 23.5. The number of benzene rings is 1. The van der Waals surface area contributed by atoms with E-state index in [1.807, 2.05) is 30.3 Å². The van der Waals surface area contributed by atoms with Crippen LogP contribution in [0.2, 0.25) is 0 Å². The largest absolute Gasteiger partial charge is 0.282 e. The Morgan fingerprint density at radius 2 is 1.70 bits per heavy atom. The van der Waals surface area contributed by atoms with Crippen molar-refractivity contribution in [2.75, 3.05) is 5.75 Å². The fraction of sp³-hybridized carbons (Fsp3) is 0.214. The Morgan fingerprint density at radius 3 is 2.40 bits per heavy atom. The molecule has 2 aromatic rings. The Kier molecular flexibility index (Phi) is 5.23. The average Bonchev–Trinajstić information content (AvgIpc) is 2.47. The van der Waals surface area contributed by atoms with Crippen molar-refractivity contribution in [2.24, 2.45) is 0 Å². The second-order valence-electron chi connectivity index (χ2n) is 4.28. The van der Waals surface area contributed by atoms with Crippen molar-refractivity contribution in [2.45, 2.75) is 13.0 Å². The highest BCUT2D eigenvalue weighted by Gasteiger charge is 2.10. The molecule has 1 aromatic carbocycles. The second kappa shape index (κ2) is 7.14. The van der Waals surface area contributed by atoms with Gasteiger partial charge in [0.05, 0.1) is 12.4 Å². The lowest BCUT2D eigenvalue weighted by atomic mass is 10.2. The van der Waals surface area contributed by atoms with Crippen LogP contribution in [0.1, 0.15) is 11.1 Å². The Labute approximate surface area is 118 Å². The monoisotopic (exact) mass is 292 g/mol. The maximum Gasteiger partial charge on any atom is 0.233 e. The van der Waals surface area contributed by atoms with Gasteiger partial charge in [0.2, 0.25) is 10.0 Å². The maximum absolute atomic E-state index is 11.7. The molecule has 0 unspecified atom stereocenters. The van der Waals surface area contributed by atoms with Gasteiger partial charge in [0.1, 0.15) is 0 Å². The summed E-state index contributed by atoms with van der Waals surface area (Å²) in [6, 6.07) is 13.0. The molecule has 5 nitrogen and oxygen atoms in total. The molecule has 0 amide bonds. The Balaban J connectivity index is 1.77. The van der Waals surface area contributed by atoms with Crippen LogP contribution in [0.5, 0.6) is 0 Å². The van der Waals surface area contributed by atoms with Gasteiger partial charge in [-0.25, -0.2) is 8.42 Å². The maximum atomic E-state index is 11.7. The third-order valence-electron chi connectivity index (χ3n) is 2.68. The first kappa shape index (κ1) is 14.6. The lowest BCUT2D eigenvalue weighted by Crippen LogP contribution is -2.27. The number of hydrogen-bond acceptors (Lipinski definition) is 4. The fourth-order valence-electron chi connectivity index (χ4n) is 1.62. The van der Waals surface area contributed by atoms with E-state index in [1.54, 1.807) is 24.5 Å². The topological polar surface area (TPSA) is 68.3 Å². The lowest BCUT2D eigenvalue weighted by molar-refractivity contribution is 0.0796. The smallest absolute Gasteiger partial charge is 0.233 e. The second-order valence-corrected chi connectivity index (χ2v) is 6.09. The molecule has 0 aliphatic carbocycles. The van der Waals surface area contributed by atoms with Crippen molar-refractivity contribution in [1.82, 2.24) is 9.87 Å². The lowest BCUT2D eigenvalue weighted by Gasteiger charge is -2.07. The van der Waals surface area contributed by atoms with Crippen LogP contribution in [-0.4, -0.2) is 19.2 Å². The van der Waals surface area contributed by atoms with E-state index >= 15 is 0 Å². The Hall–Kier alpha value is -1.76. The summed E-state index contributed by atoms with van der Waals surface area (Å²) in [6.45, 7) is 0.204. The number of sulfonamides is 1. The molecule has 0 radical (unpaired) electrons. The molecule has 6 heteroatoms. The van der Waals surface area contributed by atoms with E-state index in [2.05, 4.69) is 9.87 Å². The zero-order chi connectivity index (χ0) is 14.3. The highest BCUT2D eigenvalue weighted by atomic mass is 32.2. The van der Waals surface area contributed by atoms with E-state index in [4.69, 9.17) is 4.84 Å². The van der Waals surface area contributed by atoms with Crippen LogP contribution in [-0.2, 0) is 27.9 Å². The molecule has 0 atom stereocenters. The summed E-state index contributed by atoms with van der Waals surface area (Å²) in [5, 5.41) is 0. The first-order chi connectivity index (χ1) is 9.66. The molecule has 106 valence electrons. The molecule has 0 aliphatic heterocycles. The number of hydrogen-bond donors (Lipinski definition) is 1. The number of aryl methyl sites for hydroxylation is 1. The SMILES string of the molecule is O=S(=O)(CCc1ccncc1)NOCc1ccccc1. The van der Waals surface area contributed by atoms with Crippen LogP contribution >= 0.6 is 0 Å². The van der Waals surface area contributed by atoms with Crippen molar-refractivity contribution in [3.63, 3.8) is 0 Å². The molecule has 20 heavy (non-hydrogen) atoms. The van der Waals surface area contributed by atoms with Gasteiger partial charge in [-0.15, -0.1) is 0 Å². The van der Waals surface area contributed by atoms with Crippen LogP contribution in [0.4, 0.5) is 0 Å². The van der Waals surface area contributed by atoms with E-state index in [0.29, 0.717) is 6.42 Å². The normalized spacial score (nSPS) is 11.4. The summed E-state index contributed by atoms with van der Waals surface area (Å²) in [5.74, 6) is -0.0220. The van der Waals surface area contributed by atoms with Crippen molar-refractivity contribution >= 4 is 10.0 Å². The van der Waals surface area contributed by atoms with Crippen molar-refractivity contribution in [3.8, 4) is 0 Å². The number of nitrogens with one attached hydrogen (secondary N) is 1. The molecule has 1 heterocycles. The molecule has 0 spiro atoms. The molecule has 1 N–H and O–H groups in total. The van der Waals surface area contributed by atoms with Crippen LogP contribution in [0.3, 0.4) is 0 Å². The number of aromatic nitrogens is 1. The van der Waals surface area contributed by atoms with Crippen LogP contribution in [0.15, 0.2) is 54.9 Å². The van der Waals surface area contributed by atoms with Crippen molar-refractivity contribution in [3.05, 3.63) is 66.0 Å². The molecule has 0 saturated carbocycles. The average molecular weight is 292 g/mol. The van der Waals surface area contributed by atoms with E-state index < -0.39 is 10.0 Å². The van der Waals surface area contributed by atoms with E-state index in [0.717, 1.165) is 11.1 Å². The molecule has 0 saturated heterocycles. The number of rotatable bonds is 7. The number of pyridine rings is 1. The first-order valence-corrected chi connectivity index (χ1v) is 7.85. The van der Waals surface area contributed by atoms with Gasteiger partial charge in [-0.05, 0) is 29.7 Å². The van der Waals surface area contributed by atoms with Gasteiger partial charge in [-0.3, -0.25) is 9.82 Å². The predicted molar refractivity (Wildman–Crippen MR) is 76.1 cm³/mol. The van der Waals surface area contributed by atoms with Crippen molar-refractivity contribution in [1.29, 1.82) is 0 Å². The van der Waals surface area contributed by atoms with Gasteiger partial charge in [0, 0.05) is 12.4 Å². The Bertz CT molecular complexity index is 615. The molecule has 1 aromatic heterocycles. The van der Waals surface area contributed by atoms with Gasteiger partial charge >= 0.3 is 0 Å². The van der Waals surface area contributed by atoms with E-state index in [1.165, 1.54) is 0 Å². The van der Waals surface area contributed by atoms with Crippen LogP contribution < -0.4 is 4.89 Å². The molecule has 0 aliphatic rings. The third kappa shape index (κ3) is 5.08. The van der Waals surface area contributed by atoms with Gasteiger partial charge < -0.3 is 0 Å². The molecular formula is C14H16N2O3S. The quantitative estimate of drug-likeness (QED) is 0.788. The minimum absolute atomic E-state index is 0.0220. The fourth-order valence-corrected chi connectivity index (χ4v) is 2.45. The highest BCUT2D eigenvalue weighted by Crippen LogP contribution is 2.02. The summed E-state index contributed by atoms with van der Waals surface area (Å²) in [7, 11) is -3.44. The number of nitrogens with zero attached hydrogens (tertiary/aromatic N) is 1. The van der Waals surface area contributed by atoms with Gasteiger partial charge in [-0.2, -0.15) is 0 Å². The van der Waals surface area contributed by atoms with Gasteiger partial charge in [0.15, 0.2) is 0 Å². The van der Waals surface area contributed by atoms with E-state index in [-0.39, 0.29) is 12.4 Å². The van der Waals surface area contributed by atoms with Crippen LogP contribution in [0.25, 0.3) is 0 Å². The van der Waals surface area contributed by atoms with Crippen molar-refractivity contribution < 1.29 is 13.3 Å². The highest BCUT2D eigenvalue weighted by molar-refractivity contribution is 7.89. The third-order valence-corrected chi connectivity index (χ3v) is 3.79. The standard InChI is InChI=1S/C14H16N2O3S/c17-20(18,11-8-13-6-9-15-10-7-13)16-19-12-14-4-2-1-3-5-14/h1-7,9-10,16H,8,11-12H2. The molecule has 0 fully saturated rings. The molecule has 0 bridgehead atoms. The first-order valence-electron chi connectivity index (χ1n) is 6.20. The molecular weight excluding hydrogens is 276 g/mol. The summed E-state index contributed by atoms with van der Waals surface area (Å²) in [5.41, 5.74) is 1.83. The van der Waals surface area contributed by atoms with Gasteiger partial charge in [0.25, 0.3) is 0 Å². The molecule has 2 rings (SSSR count). The van der Waals surface area contributed by atoms with Crippen LogP contribution in [0, 0.1) is 0 Å². The summed E-state index contributed by atoms with van der Waals surface area (Å²) >= 11 is 0. The summed E-state index contributed by atoms with van der Waals surface area (Å²) in [6.07, 6.45) is 3.70.